The van der Waals surface area contributed by atoms with E-state index in [2.05, 4.69) is 0 Å². The van der Waals surface area contributed by atoms with Crippen molar-refractivity contribution in [3.63, 3.8) is 0 Å². The lowest BCUT2D eigenvalue weighted by Gasteiger charge is -2.15. The van der Waals surface area contributed by atoms with Crippen LogP contribution in [0.4, 0.5) is 0 Å². The maximum absolute atomic E-state index is 12.4. The van der Waals surface area contributed by atoms with Gasteiger partial charge in [-0.1, -0.05) is 13.0 Å². The molecule has 0 radical (unpaired) electrons. The lowest BCUT2D eigenvalue weighted by molar-refractivity contribution is 0.0505. The molecule has 1 aromatic rings. The quantitative estimate of drug-likeness (QED) is 0.780. The molecule has 20 heavy (non-hydrogen) atoms. The molecule has 0 atom stereocenters. The summed E-state index contributed by atoms with van der Waals surface area (Å²) in [7, 11) is -3.49. The summed E-state index contributed by atoms with van der Waals surface area (Å²) in [5.41, 5.74) is 0.277. The minimum Gasteiger partial charge on any atom is -0.462 e. The van der Waals surface area contributed by atoms with Crippen molar-refractivity contribution >= 4 is 16.0 Å². The van der Waals surface area contributed by atoms with Gasteiger partial charge in [0.15, 0.2) is 0 Å². The number of esters is 1. The SMILES string of the molecule is CCCOC(=O)c1cccc(S(=O)(=O)N2CCCC2)c1. The first-order chi connectivity index (χ1) is 9.55. The summed E-state index contributed by atoms with van der Waals surface area (Å²) in [6.45, 7) is 3.34. The Bertz CT molecular complexity index is 577. The van der Waals surface area contributed by atoms with Crippen molar-refractivity contribution in [3.05, 3.63) is 29.8 Å². The summed E-state index contributed by atoms with van der Waals surface area (Å²) >= 11 is 0. The monoisotopic (exact) mass is 297 g/mol. The van der Waals surface area contributed by atoms with Crippen LogP contribution in [0.3, 0.4) is 0 Å². The molecule has 0 N–H and O–H groups in total. The summed E-state index contributed by atoms with van der Waals surface area (Å²) in [5, 5.41) is 0. The lowest BCUT2D eigenvalue weighted by atomic mass is 10.2. The maximum Gasteiger partial charge on any atom is 0.338 e. The molecule has 0 amide bonds. The van der Waals surface area contributed by atoms with Crippen molar-refractivity contribution < 1.29 is 17.9 Å². The van der Waals surface area contributed by atoms with E-state index in [-0.39, 0.29) is 10.5 Å². The third-order valence-corrected chi connectivity index (χ3v) is 5.10. The van der Waals surface area contributed by atoms with Gasteiger partial charge in [-0.05, 0) is 37.5 Å². The lowest BCUT2D eigenvalue weighted by Crippen LogP contribution is -2.28. The van der Waals surface area contributed by atoms with E-state index < -0.39 is 16.0 Å². The van der Waals surface area contributed by atoms with Crippen LogP contribution >= 0.6 is 0 Å². The zero-order valence-electron chi connectivity index (χ0n) is 11.5. The summed E-state index contributed by atoms with van der Waals surface area (Å²) in [6, 6.07) is 6.06. The first kappa shape index (κ1) is 15.0. The minimum atomic E-state index is -3.49. The van der Waals surface area contributed by atoms with E-state index in [0.29, 0.717) is 19.7 Å². The van der Waals surface area contributed by atoms with Gasteiger partial charge in [0.2, 0.25) is 10.0 Å². The van der Waals surface area contributed by atoms with Crippen molar-refractivity contribution in [2.75, 3.05) is 19.7 Å². The predicted octanol–water partition coefficient (Wildman–Crippen LogP) is 2.04. The van der Waals surface area contributed by atoms with Crippen LogP contribution in [-0.4, -0.2) is 38.4 Å². The molecule has 1 fully saturated rings. The molecule has 110 valence electrons. The summed E-state index contributed by atoms with van der Waals surface area (Å²) in [6.07, 6.45) is 2.51. The molecule has 0 aromatic heterocycles. The first-order valence-electron chi connectivity index (χ1n) is 6.83. The smallest absolute Gasteiger partial charge is 0.338 e. The normalized spacial score (nSPS) is 16.2. The fourth-order valence-corrected chi connectivity index (χ4v) is 3.70. The van der Waals surface area contributed by atoms with Crippen LogP contribution in [0.5, 0.6) is 0 Å². The van der Waals surface area contributed by atoms with Crippen LogP contribution in [0.2, 0.25) is 0 Å². The molecule has 0 spiro atoms. The van der Waals surface area contributed by atoms with Gasteiger partial charge in [-0.2, -0.15) is 4.31 Å². The number of rotatable bonds is 5. The Hall–Kier alpha value is -1.40. The molecule has 0 aliphatic carbocycles. The molecular weight excluding hydrogens is 278 g/mol. The highest BCUT2D eigenvalue weighted by Crippen LogP contribution is 2.21. The standard InChI is InChI=1S/C14H19NO4S/c1-2-10-19-14(16)12-6-5-7-13(11-12)20(17,18)15-8-3-4-9-15/h5-7,11H,2-4,8-10H2,1H3. The van der Waals surface area contributed by atoms with Crippen molar-refractivity contribution in [1.29, 1.82) is 0 Å². The Kier molecular flexibility index (Phi) is 4.77. The highest BCUT2D eigenvalue weighted by Gasteiger charge is 2.27. The Morgan fingerprint density at radius 2 is 2.00 bits per heavy atom. The molecule has 0 saturated carbocycles. The second-order valence-corrected chi connectivity index (χ2v) is 6.71. The number of sulfonamides is 1. The Labute approximate surface area is 119 Å². The number of carbonyl (C=O) groups is 1. The fourth-order valence-electron chi connectivity index (χ4n) is 2.14. The Morgan fingerprint density at radius 1 is 1.30 bits per heavy atom. The molecular formula is C14H19NO4S. The van der Waals surface area contributed by atoms with Gasteiger partial charge in [0.05, 0.1) is 17.1 Å². The van der Waals surface area contributed by atoms with E-state index >= 15 is 0 Å². The summed E-state index contributed by atoms with van der Waals surface area (Å²) in [4.78, 5) is 11.9. The van der Waals surface area contributed by atoms with E-state index in [9.17, 15) is 13.2 Å². The largest absolute Gasteiger partial charge is 0.462 e. The minimum absolute atomic E-state index is 0.158. The number of carbonyl (C=O) groups excluding carboxylic acids is 1. The summed E-state index contributed by atoms with van der Waals surface area (Å²) < 4.78 is 31.3. The second-order valence-electron chi connectivity index (χ2n) is 4.77. The maximum atomic E-state index is 12.4. The number of benzene rings is 1. The molecule has 1 heterocycles. The van der Waals surface area contributed by atoms with Gasteiger partial charge < -0.3 is 4.74 Å². The number of hydrogen-bond acceptors (Lipinski definition) is 4. The highest BCUT2D eigenvalue weighted by molar-refractivity contribution is 7.89. The van der Waals surface area contributed by atoms with E-state index in [0.717, 1.165) is 19.3 Å². The van der Waals surface area contributed by atoms with Gasteiger partial charge >= 0.3 is 5.97 Å². The highest BCUT2D eigenvalue weighted by atomic mass is 32.2. The van der Waals surface area contributed by atoms with Gasteiger partial charge in [-0.3, -0.25) is 0 Å². The molecule has 5 nitrogen and oxygen atoms in total. The van der Waals surface area contributed by atoms with Crippen LogP contribution in [0.1, 0.15) is 36.5 Å². The van der Waals surface area contributed by atoms with Crippen LogP contribution in [-0.2, 0) is 14.8 Å². The van der Waals surface area contributed by atoms with E-state index in [1.807, 2.05) is 6.92 Å². The molecule has 0 bridgehead atoms. The van der Waals surface area contributed by atoms with Crippen LogP contribution < -0.4 is 0 Å². The van der Waals surface area contributed by atoms with Crippen LogP contribution in [0.15, 0.2) is 29.2 Å². The second kappa shape index (κ2) is 6.37. The topological polar surface area (TPSA) is 63.7 Å². The molecule has 0 unspecified atom stereocenters. The molecule has 1 saturated heterocycles. The fraction of sp³-hybridized carbons (Fsp3) is 0.500. The molecule has 1 aliphatic heterocycles. The van der Waals surface area contributed by atoms with E-state index in [1.54, 1.807) is 12.1 Å². The van der Waals surface area contributed by atoms with Crippen molar-refractivity contribution in [1.82, 2.24) is 4.31 Å². The zero-order chi connectivity index (χ0) is 14.6. The van der Waals surface area contributed by atoms with Crippen molar-refractivity contribution in [2.45, 2.75) is 31.1 Å². The average Bonchev–Trinajstić information content (AvgIpc) is 2.99. The van der Waals surface area contributed by atoms with Crippen molar-refractivity contribution in [2.24, 2.45) is 0 Å². The Morgan fingerprint density at radius 3 is 2.65 bits per heavy atom. The van der Waals surface area contributed by atoms with Crippen LogP contribution in [0.25, 0.3) is 0 Å². The molecule has 2 rings (SSSR count). The van der Waals surface area contributed by atoms with Crippen LogP contribution in [0, 0.1) is 0 Å². The van der Waals surface area contributed by atoms with Gasteiger partial charge in [-0.25, -0.2) is 13.2 Å². The zero-order valence-corrected chi connectivity index (χ0v) is 12.4. The first-order valence-corrected chi connectivity index (χ1v) is 8.27. The third-order valence-electron chi connectivity index (χ3n) is 3.21. The van der Waals surface area contributed by atoms with Gasteiger partial charge in [0.25, 0.3) is 0 Å². The summed E-state index contributed by atoms with van der Waals surface area (Å²) in [5.74, 6) is -0.481. The third kappa shape index (κ3) is 3.19. The number of ether oxygens (including phenoxy) is 1. The molecule has 1 aromatic carbocycles. The van der Waals surface area contributed by atoms with Gasteiger partial charge in [0.1, 0.15) is 0 Å². The van der Waals surface area contributed by atoms with Gasteiger partial charge in [0, 0.05) is 13.1 Å². The Balaban J connectivity index is 2.23. The number of hydrogen-bond donors (Lipinski definition) is 0. The average molecular weight is 297 g/mol. The number of nitrogens with zero attached hydrogens (tertiary/aromatic N) is 1. The predicted molar refractivity (Wildman–Crippen MR) is 75.0 cm³/mol. The van der Waals surface area contributed by atoms with Gasteiger partial charge in [-0.15, -0.1) is 0 Å². The molecule has 1 aliphatic rings. The van der Waals surface area contributed by atoms with Crippen molar-refractivity contribution in [3.8, 4) is 0 Å². The van der Waals surface area contributed by atoms with E-state index in [4.69, 9.17) is 4.74 Å². The van der Waals surface area contributed by atoms with E-state index in [1.165, 1.54) is 16.4 Å². The molecule has 6 heteroatoms.